The molecule has 0 aliphatic rings. The number of rotatable bonds is 3. The first-order valence-corrected chi connectivity index (χ1v) is 3.44. The van der Waals surface area contributed by atoms with Crippen LogP contribution in [0.15, 0.2) is 0 Å². The topological polar surface area (TPSA) is 52.0 Å². The van der Waals surface area contributed by atoms with Crippen molar-refractivity contribution in [1.82, 2.24) is 0 Å². The Balaban J connectivity index is -0.000000405. The molecule has 0 unspecified atom stereocenters. The molecule has 12 heavy (non-hydrogen) atoms. The van der Waals surface area contributed by atoms with Crippen LogP contribution in [0.5, 0.6) is 0 Å². The van der Waals surface area contributed by atoms with Gasteiger partial charge in [0, 0.05) is 0 Å². The second-order valence-corrected chi connectivity index (χ2v) is 4.00. The number of halogens is 2. The lowest BCUT2D eigenvalue weighted by Gasteiger charge is -2.27. The van der Waals surface area contributed by atoms with Gasteiger partial charge in [-0.05, 0) is 0 Å². The Labute approximate surface area is 96.1 Å². The average Bonchev–Trinajstić information content (AvgIpc) is 1.57. The van der Waals surface area contributed by atoms with Crippen LogP contribution in [0.1, 0.15) is 0 Å². The van der Waals surface area contributed by atoms with Crippen LogP contribution in [0.25, 0.3) is 0 Å². The van der Waals surface area contributed by atoms with E-state index in [0.29, 0.717) is 9.18 Å². The Morgan fingerprint density at radius 1 is 0.750 bits per heavy atom. The van der Waals surface area contributed by atoms with E-state index in [4.69, 9.17) is 11.7 Å². The molecule has 0 aromatic heterocycles. The van der Waals surface area contributed by atoms with E-state index in [0.717, 1.165) is 13.1 Å². The summed E-state index contributed by atoms with van der Waals surface area (Å²) >= 11 is 0. The SMILES string of the molecule is C[N+](C)(N)CC[N+](C)(C)N.[Br-].[Br-]. The van der Waals surface area contributed by atoms with Gasteiger partial charge in [-0.2, -0.15) is 11.7 Å². The zero-order valence-electron chi connectivity index (χ0n) is 8.22. The summed E-state index contributed by atoms with van der Waals surface area (Å²) in [4.78, 5) is 0. The van der Waals surface area contributed by atoms with Crippen LogP contribution in [-0.4, -0.2) is 50.5 Å². The molecule has 0 amide bonds. The molecule has 0 rings (SSSR count). The van der Waals surface area contributed by atoms with Crippen molar-refractivity contribution >= 4 is 0 Å². The Hall–Kier alpha value is 0.800. The van der Waals surface area contributed by atoms with E-state index >= 15 is 0 Å². The summed E-state index contributed by atoms with van der Waals surface area (Å²) in [5.74, 6) is 11.4. The van der Waals surface area contributed by atoms with E-state index in [1.54, 1.807) is 0 Å². The standard InChI is InChI=1S/C6H20N4.2BrH/c1-9(2,7)5-6-10(3,4)8;;/h5-8H2,1-4H3;2*1H/q+2;;/p-2. The molecule has 6 heteroatoms. The van der Waals surface area contributed by atoms with Gasteiger partial charge in [-0.3, -0.25) is 0 Å². The maximum absolute atomic E-state index is 5.71. The van der Waals surface area contributed by atoms with E-state index in [2.05, 4.69) is 0 Å². The molecule has 0 spiro atoms. The Morgan fingerprint density at radius 3 is 1.00 bits per heavy atom. The normalized spacial score (nSPS) is 11.5. The third-order valence-corrected chi connectivity index (χ3v) is 1.25. The first-order valence-electron chi connectivity index (χ1n) is 3.44. The molecule has 0 aromatic rings. The molecule has 0 radical (unpaired) electrons. The molecule has 0 aliphatic heterocycles. The summed E-state index contributed by atoms with van der Waals surface area (Å²) in [5.41, 5.74) is 0. The van der Waals surface area contributed by atoms with Crippen molar-refractivity contribution in [1.29, 1.82) is 0 Å². The fourth-order valence-corrected chi connectivity index (χ4v) is 0.515. The highest BCUT2D eigenvalue weighted by Crippen LogP contribution is 1.89. The van der Waals surface area contributed by atoms with Crippen molar-refractivity contribution in [2.45, 2.75) is 0 Å². The summed E-state index contributed by atoms with van der Waals surface area (Å²) in [6.07, 6.45) is 0. The molecule has 4 N–H and O–H groups in total. The van der Waals surface area contributed by atoms with Crippen LogP contribution in [0.2, 0.25) is 0 Å². The quantitative estimate of drug-likeness (QED) is 0.309. The smallest absolute Gasteiger partial charge is 0.147 e. The molecular formula is C6H20Br2N4. The summed E-state index contributed by atoms with van der Waals surface area (Å²) in [7, 11) is 7.82. The van der Waals surface area contributed by atoms with E-state index in [9.17, 15) is 0 Å². The third-order valence-electron chi connectivity index (χ3n) is 1.25. The lowest BCUT2D eigenvalue weighted by molar-refractivity contribution is -0.957. The van der Waals surface area contributed by atoms with E-state index in [-0.39, 0.29) is 34.0 Å². The maximum Gasteiger partial charge on any atom is 0.147 e. The molecule has 78 valence electrons. The summed E-state index contributed by atoms with van der Waals surface area (Å²) in [6, 6.07) is 0. The highest BCUT2D eigenvalue weighted by molar-refractivity contribution is 4.23. The fraction of sp³-hybridized carbons (Fsp3) is 1.00. The lowest BCUT2D eigenvalue weighted by Crippen LogP contribution is -3.00. The van der Waals surface area contributed by atoms with Crippen LogP contribution < -0.4 is 45.6 Å². The number of likely N-dealkylation sites (N-methyl/N-ethyl adjacent to an activating group) is 2. The van der Waals surface area contributed by atoms with Crippen LogP contribution in [0, 0.1) is 0 Å². The third kappa shape index (κ3) is 17.0. The van der Waals surface area contributed by atoms with Gasteiger partial charge in [-0.1, -0.05) is 0 Å². The van der Waals surface area contributed by atoms with Crippen molar-refractivity contribution in [3.8, 4) is 0 Å². The summed E-state index contributed by atoms with van der Waals surface area (Å²) in [6.45, 7) is 1.78. The molecule has 0 saturated carbocycles. The zero-order chi connectivity index (χ0) is 8.41. The Morgan fingerprint density at radius 2 is 0.917 bits per heavy atom. The number of nitrogens with zero attached hydrogens (tertiary/aromatic N) is 2. The van der Waals surface area contributed by atoms with E-state index in [1.807, 2.05) is 28.2 Å². The van der Waals surface area contributed by atoms with Crippen molar-refractivity contribution in [2.24, 2.45) is 11.7 Å². The molecule has 0 aromatic carbocycles. The molecule has 0 heterocycles. The van der Waals surface area contributed by atoms with Gasteiger partial charge in [0.05, 0.1) is 28.2 Å². The van der Waals surface area contributed by atoms with Crippen LogP contribution in [0.3, 0.4) is 0 Å². The summed E-state index contributed by atoms with van der Waals surface area (Å²) < 4.78 is 0.970. The van der Waals surface area contributed by atoms with Gasteiger partial charge in [-0.15, -0.1) is 0 Å². The highest BCUT2D eigenvalue weighted by atomic mass is 79.9. The number of quaternary nitrogens is 2. The molecule has 0 atom stereocenters. The number of hydrogen-bond acceptors (Lipinski definition) is 2. The van der Waals surface area contributed by atoms with Gasteiger partial charge in [-0.25, -0.2) is 9.18 Å². The molecule has 0 bridgehead atoms. The van der Waals surface area contributed by atoms with Gasteiger partial charge in [0.25, 0.3) is 0 Å². The highest BCUT2D eigenvalue weighted by Gasteiger charge is 2.15. The second-order valence-electron chi connectivity index (χ2n) is 4.00. The average molecular weight is 308 g/mol. The van der Waals surface area contributed by atoms with E-state index < -0.39 is 0 Å². The summed E-state index contributed by atoms with van der Waals surface area (Å²) in [5, 5.41) is 0. The Kier molecular flexibility index (Phi) is 9.72. The van der Waals surface area contributed by atoms with Gasteiger partial charge >= 0.3 is 0 Å². The van der Waals surface area contributed by atoms with Crippen LogP contribution in [-0.2, 0) is 0 Å². The van der Waals surface area contributed by atoms with Crippen molar-refractivity contribution in [2.75, 3.05) is 41.3 Å². The van der Waals surface area contributed by atoms with Crippen molar-refractivity contribution < 1.29 is 43.1 Å². The largest absolute Gasteiger partial charge is 1.00 e. The van der Waals surface area contributed by atoms with Gasteiger partial charge in [0.1, 0.15) is 13.1 Å². The van der Waals surface area contributed by atoms with Crippen LogP contribution in [0.4, 0.5) is 0 Å². The number of hydrogen-bond donors (Lipinski definition) is 2. The molecule has 4 nitrogen and oxygen atoms in total. The predicted octanol–water partition coefficient (Wildman–Crippen LogP) is -7.11. The molecule has 0 aliphatic carbocycles. The maximum atomic E-state index is 5.71. The lowest BCUT2D eigenvalue weighted by atomic mass is 10.5. The van der Waals surface area contributed by atoms with Crippen molar-refractivity contribution in [3.05, 3.63) is 0 Å². The van der Waals surface area contributed by atoms with E-state index in [1.165, 1.54) is 0 Å². The first kappa shape index (κ1) is 18.6. The fourth-order valence-electron chi connectivity index (χ4n) is 0.515. The minimum Gasteiger partial charge on any atom is -1.00 e. The predicted molar refractivity (Wildman–Crippen MR) is 42.3 cm³/mol. The molecule has 0 fully saturated rings. The first-order chi connectivity index (χ1) is 4.21. The zero-order valence-corrected chi connectivity index (χ0v) is 11.4. The molecular weight excluding hydrogens is 288 g/mol. The van der Waals surface area contributed by atoms with Gasteiger partial charge < -0.3 is 34.0 Å². The van der Waals surface area contributed by atoms with Crippen molar-refractivity contribution in [3.63, 3.8) is 0 Å². The minimum atomic E-state index is 0. The number of nitrogens with two attached hydrogens (primary N) is 2. The minimum absolute atomic E-state index is 0. The monoisotopic (exact) mass is 306 g/mol. The van der Waals surface area contributed by atoms with Crippen LogP contribution >= 0.6 is 0 Å². The van der Waals surface area contributed by atoms with Gasteiger partial charge in [0.15, 0.2) is 0 Å². The molecule has 0 saturated heterocycles. The second kappa shape index (κ2) is 6.28. The Bertz CT molecular complexity index is 91.1. The van der Waals surface area contributed by atoms with Gasteiger partial charge in [0.2, 0.25) is 0 Å².